The van der Waals surface area contributed by atoms with Crippen molar-refractivity contribution in [3.63, 3.8) is 0 Å². The largest absolute Gasteiger partial charge is 0.496 e. The van der Waals surface area contributed by atoms with Gasteiger partial charge in [0.25, 0.3) is 5.91 Å². The fourth-order valence-corrected chi connectivity index (χ4v) is 5.87. The number of carbonyl (C=O) groups excluding carboxylic acids is 1. The Labute approximate surface area is 185 Å². The van der Waals surface area contributed by atoms with Crippen LogP contribution in [0, 0.1) is 5.92 Å². The lowest BCUT2D eigenvalue weighted by Gasteiger charge is -2.49. The summed E-state index contributed by atoms with van der Waals surface area (Å²) in [5.74, 6) is 1.44. The van der Waals surface area contributed by atoms with Gasteiger partial charge in [-0.1, -0.05) is 36.4 Å². The highest BCUT2D eigenvalue weighted by molar-refractivity contribution is 5.98. The van der Waals surface area contributed by atoms with E-state index in [-0.39, 0.29) is 11.9 Å². The van der Waals surface area contributed by atoms with Crippen LogP contribution in [0.1, 0.15) is 65.3 Å². The van der Waals surface area contributed by atoms with Crippen molar-refractivity contribution in [2.45, 2.75) is 50.7 Å². The fourth-order valence-electron chi connectivity index (χ4n) is 5.87. The number of fused-ring (bicyclic) bond motifs is 4. The normalized spacial score (nSPS) is 26.2. The van der Waals surface area contributed by atoms with Crippen LogP contribution in [0.25, 0.3) is 0 Å². The van der Waals surface area contributed by atoms with Gasteiger partial charge in [-0.25, -0.2) is 0 Å². The molecule has 0 saturated carbocycles. The zero-order valence-corrected chi connectivity index (χ0v) is 18.6. The number of nitrogens with zero attached hydrogens (tertiary/aromatic N) is 1. The Kier molecular flexibility index (Phi) is 5.72. The zero-order valence-electron chi connectivity index (χ0n) is 18.6. The van der Waals surface area contributed by atoms with Gasteiger partial charge in [0.1, 0.15) is 5.75 Å². The molecule has 0 spiro atoms. The highest BCUT2D eigenvalue weighted by Crippen LogP contribution is 2.45. The molecule has 0 bridgehead atoms. The highest BCUT2D eigenvalue weighted by atomic mass is 16.5. The second kappa shape index (κ2) is 8.64. The van der Waals surface area contributed by atoms with Gasteiger partial charge in [0, 0.05) is 30.7 Å². The van der Waals surface area contributed by atoms with Crippen molar-refractivity contribution in [3.05, 3.63) is 64.7 Å². The van der Waals surface area contributed by atoms with Gasteiger partial charge < -0.3 is 15.4 Å². The molecular weight excluding hydrogens is 386 g/mol. The van der Waals surface area contributed by atoms with E-state index in [1.54, 1.807) is 7.11 Å². The van der Waals surface area contributed by atoms with Crippen molar-refractivity contribution >= 4 is 5.91 Å². The first-order chi connectivity index (χ1) is 15.2. The molecule has 2 aromatic rings. The molecule has 3 aliphatic rings. The lowest BCUT2D eigenvalue weighted by atomic mass is 9.77. The topological polar surface area (TPSA) is 53.6 Å². The number of nitrogens with one attached hydrogen (secondary N) is 2. The lowest BCUT2D eigenvalue weighted by molar-refractivity contribution is 0.0537. The van der Waals surface area contributed by atoms with E-state index in [4.69, 9.17) is 4.74 Å². The Hall–Kier alpha value is -2.37. The number of hydrogen-bond donors (Lipinski definition) is 2. The smallest absolute Gasteiger partial charge is 0.255 e. The van der Waals surface area contributed by atoms with Crippen LogP contribution in [-0.2, 0) is 6.42 Å². The van der Waals surface area contributed by atoms with E-state index >= 15 is 0 Å². The number of methoxy groups -OCH3 is 1. The summed E-state index contributed by atoms with van der Waals surface area (Å²) in [7, 11) is 1.70. The summed E-state index contributed by atoms with van der Waals surface area (Å²) >= 11 is 0. The Morgan fingerprint density at radius 1 is 1.23 bits per heavy atom. The maximum absolute atomic E-state index is 13.3. The molecule has 1 unspecified atom stereocenters. The summed E-state index contributed by atoms with van der Waals surface area (Å²) in [5.41, 5.74) is 4.31. The molecular formula is C26H33N3O2. The van der Waals surface area contributed by atoms with E-state index < -0.39 is 0 Å². The van der Waals surface area contributed by atoms with Gasteiger partial charge >= 0.3 is 0 Å². The maximum Gasteiger partial charge on any atom is 0.255 e. The monoisotopic (exact) mass is 419 g/mol. The van der Waals surface area contributed by atoms with Gasteiger partial charge in [-0.2, -0.15) is 0 Å². The second-order valence-electron chi connectivity index (χ2n) is 9.28. The van der Waals surface area contributed by atoms with Crippen molar-refractivity contribution in [2.75, 3.05) is 26.7 Å². The van der Waals surface area contributed by atoms with Crippen LogP contribution in [0.2, 0.25) is 0 Å². The second-order valence-corrected chi connectivity index (χ2v) is 9.28. The van der Waals surface area contributed by atoms with Gasteiger partial charge in [0.05, 0.1) is 18.7 Å². The Balaban J connectivity index is 1.44. The Morgan fingerprint density at radius 3 is 2.87 bits per heavy atom. The Bertz CT molecular complexity index is 945. The van der Waals surface area contributed by atoms with E-state index in [9.17, 15) is 4.79 Å². The molecule has 2 aromatic carbocycles. The molecule has 0 aromatic heterocycles. The number of amides is 1. The molecule has 5 nitrogen and oxygen atoms in total. The van der Waals surface area contributed by atoms with Crippen molar-refractivity contribution < 1.29 is 9.53 Å². The predicted molar refractivity (Wildman–Crippen MR) is 122 cm³/mol. The molecule has 1 amide bonds. The number of carbonyl (C=O) groups is 1. The molecule has 0 radical (unpaired) electrons. The van der Waals surface area contributed by atoms with Gasteiger partial charge in [0.15, 0.2) is 0 Å². The molecule has 3 heterocycles. The minimum absolute atomic E-state index is 0.0622. The van der Waals surface area contributed by atoms with Gasteiger partial charge in [-0.05, 0) is 62.3 Å². The zero-order chi connectivity index (χ0) is 21.4. The average molecular weight is 420 g/mol. The van der Waals surface area contributed by atoms with Crippen molar-refractivity contribution in [1.82, 2.24) is 15.5 Å². The van der Waals surface area contributed by atoms with Gasteiger partial charge in [-0.15, -0.1) is 0 Å². The van der Waals surface area contributed by atoms with Gasteiger partial charge in [-0.3, -0.25) is 9.69 Å². The minimum atomic E-state index is -0.0717. The van der Waals surface area contributed by atoms with E-state index in [1.165, 1.54) is 24.0 Å². The van der Waals surface area contributed by atoms with E-state index in [2.05, 4.69) is 21.6 Å². The van der Waals surface area contributed by atoms with Crippen LogP contribution in [0.3, 0.4) is 0 Å². The standard InChI is InChI=1S/C26H33N3O2/c1-17(18-7-4-3-5-8-18)28-26(30)21-11-10-19-12-14-29-16-20-9-6-13-27-22(20)15-23(29)24(19)25(21)31-2/h3-5,7-8,10-11,17,20,22-23,27H,6,9,12-16H2,1-2H3,(H,28,30)/t17?,20-,22+,23-/m1/s1. The summed E-state index contributed by atoms with van der Waals surface area (Å²) in [4.78, 5) is 15.9. The number of benzene rings is 2. The molecule has 2 N–H and O–H groups in total. The molecule has 31 heavy (non-hydrogen) atoms. The van der Waals surface area contributed by atoms with Crippen molar-refractivity contribution in [3.8, 4) is 5.75 Å². The summed E-state index contributed by atoms with van der Waals surface area (Å²) in [6.07, 6.45) is 4.73. The summed E-state index contributed by atoms with van der Waals surface area (Å²) in [5, 5.41) is 6.92. The third kappa shape index (κ3) is 3.85. The SMILES string of the molecule is COc1c(C(=O)NC(C)c2ccccc2)ccc2c1[C@H]1C[C@@H]3NCCC[C@@H]3CN1CC2. The van der Waals surface area contributed by atoms with Crippen LogP contribution in [0.15, 0.2) is 42.5 Å². The minimum Gasteiger partial charge on any atom is -0.496 e. The van der Waals surface area contributed by atoms with Crippen molar-refractivity contribution in [2.24, 2.45) is 5.92 Å². The first kappa shape index (κ1) is 20.5. The average Bonchev–Trinajstić information content (AvgIpc) is 2.82. The lowest BCUT2D eigenvalue weighted by Crippen LogP contribution is -2.54. The molecule has 0 aliphatic carbocycles. The third-order valence-corrected chi connectivity index (χ3v) is 7.50. The van der Waals surface area contributed by atoms with Crippen molar-refractivity contribution in [1.29, 1.82) is 0 Å². The molecule has 2 saturated heterocycles. The van der Waals surface area contributed by atoms with E-state index in [0.29, 0.717) is 17.6 Å². The predicted octanol–water partition coefficient (Wildman–Crippen LogP) is 3.86. The number of piperidine rings is 2. The summed E-state index contributed by atoms with van der Waals surface area (Å²) in [6.45, 7) is 5.39. The highest BCUT2D eigenvalue weighted by Gasteiger charge is 2.41. The number of hydrogen-bond acceptors (Lipinski definition) is 4. The molecule has 5 heteroatoms. The molecule has 3 aliphatic heterocycles. The van der Waals surface area contributed by atoms with Crippen LogP contribution >= 0.6 is 0 Å². The number of ether oxygens (including phenoxy) is 1. The van der Waals surface area contributed by atoms with E-state index in [1.807, 2.05) is 43.3 Å². The molecule has 4 atom stereocenters. The molecule has 164 valence electrons. The Morgan fingerprint density at radius 2 is 2.06 bits per heavy atom. The molecule has 2 fully saturated rings. The van der Waals surface area contributed by atoms with Crippen LogP contribution in [0.5, 0.6) is 5.75 Å². The van der Waals surface area contributed by atoms with Crippen LogP contribution in [-0.4, -0.2) is 43.6 Å². The summed E-state index contributed by atoms with van der Waals surface area (Å²) in [6, 6.07) is 15.0. The van der Waals surface area contributed by atoms with Crippen LogP contribution in [0.4, 0.5) is 0 Å². The first-order valence-corrected chi connectivity index (χ1v) is 11.7. The third-order valence-electron chi connectivity index (χ3n) is 7.50. The van der Waals surface area contributed by atoms with Crippen LogP contribution < -0.4 is 15.4 Å². The summed E-state index contributed by atoms with van der Waals surface area (Å²) < 4.78 is 5.93. The quantitative estimate of drug-likeness (QED) is 0.790. The van der Waals surface area contributed by atoms with Gasteiger partial charge in [0.2, 0.25) is 0 Å². The maximum atomic E-state index is 13.3. The first-order valence-electron chi connectivity index (χ1n) is 11.7. The van der Waals surface area contributed by atoms with E-state index in [0.717, 1.165) is 49.7 Å². The number of rotatable bonds is 4. The molecule has 5 rings (SSSR count). The fraction of sp³-hybridized carbons (Fsp3) is 0.500.